The fourth-order valence-electron chi connectivity index (χ4n) is 6.21. The van der Waals surface area contributed by atoms with Gasteiger partial charge in [0.15, 0.2) is 11.9 Å². The highest BCUT2D eigenvalue weighted by Crippen LogP contribution is 2.60. The molecule has 0 radical (unpaired) electrons. The van der Waals surface area contributed by atoms with Gasteiger partial charge in [-0.3, -0.25) is 4.79 Å². The van der Waals surface area contributed by atoms with E-state index in [1.54, 1.807) is 26.0 Å². The summed E-state index contributed by atoms with van der Waals surface area (Å²) >= 11 is 0. The van der Waals surface area contributed by atoms with Crippen molar-refractivity contribution in [1.29, 1.82) is 0 Å². The number of ether oxygens (including phenoxy) is 3. The molecule has 5 fully saturated rings. The summed E-state index contributed by atoms with van der Waals surface area (Å²) in [5.41, 5.74) is -0.850. The van der Waals surface area contributed by atoms with Crippen molar-refractivity contribution in [3.63, 3.8) is 0 Å². The van der Waals surface area contributed by atoms with Gasteiger partial charge >= 0.3 is 5.97 Å². The molecule has 2 bridgehead atoms. The lowest BCUT2D eigenvalue weighted by molar-refractivity contribution is -0.575. The van der Waals surface area contributed by atoms with Crippen LogP contribution in [0.15, 0.2) is 24.3 Å². The molecule has 4 saturated heterocycles. The van der Waals surface area contributed by atoms with Crippen molar-refractivity contribution in [1.82, 2.24) is 0 Å². The van der Waals surface area contributed by atoms with E-state index in [4.69, 9.17) is 24.0 Å². The maximum absolute atomic E-state index is 11.6. The molecule has 1 aromatic rings. The van der Waals surface area contributed by atoms with Gasteiger partial charge in [0.2, 0.25) is 12.1 Å². The molecule has 5 aliphatic rings. The fourth-order valence-corrected chi connectivity index (χ4v) is 6.21. The number of fused-ring (bicyclic) bond motifs is 2. The standard InChI is InChI=1S/C25H34O7/c1-14-6-11-19-15(2)20(28-17-9-7-16(8-10-17)23(3,4)21(26)27)29-22-25(19)18(14)12-13-24(5,30-22)31-32-25/h7-10,14-15,18-20,22H,6,11-13H2,1-5H3,(H,26,27)/t14-,15-,18+,19+,20+,22-,24-,25-/m1/s1. The maximum Gasteiger partial charge on any atom is 0.313 e. The summed E-state index contributed by atoms with van der Waals surface area (Å²) in [5.74, 6) is 0.0681. The van der Waals surface area contributed by atoms with Gasteiger partial charge in [0.05, 0.1) is 5.41 Å². The molecule has 7 heteroatoms. The number of carboxylic acids is 1. The van der Waals surface area contributed by atoms with E-state index in [1.165, 1.54) is 0 Å². The third-order valence-corrected chi connectivity index (χ3v) is 8.46. The van der Waals surface area contributed by atoms with E-state index in [0.29, 0.717) is 17.6 Å². The summed E-state index contributed by atoms with van der Waals surface area (Å²) in [6.45, 7) is 9.75. The van der Waals surface area contributed by atoms with Crippen molar-refractivity contribution < 1.29 is 33.9 Å². The minimum Gasteiger partial charge on any atom is -0.481 e. The van der Waals surface area contributed by atoms with Crippen LogP contribution in [0.25, 0.3) is 0 Å². The average Bonchev–Trinajstić information content (AvgIpc) is 2.98. The molecule has 4 aliphatic heterocycles. The van der Waals surface area contributed by atoms with Crippen LogP contribution < -0.4 is 4.74 Å². The Labute approximate surface area is 189 Å². The first-order valence-electron chi connectivity index (χ1n) is 11.8. The molecule has 0 amide bonds. The summed E-state index contributed by atoms with van der Waals surface area (Å²) in [4.78, 5) is 23.6. The Morgan fingerprint density at radius 3 is 2.50 bits per heavy atom. The largest absolute Gasteiger partial charge is 0.481 e. The molecular weight excluding hydrogens is 412 g/mol. The first kappa shape index (κ1) is 22.1. The smallest absolute Gasteiger partial charge is 0.313 e. The van der Waals surface area contributed by atoms with Crippen molar-refractivity contribution in [2.45, 2.75) is 89.7 Å². The van der Waals surface area contributed by atoms with Gasteiger partial charge in [-0.15, -0.1) is 0 Å². The fraction of sp³-hybridized carbons (Fsp3) is 0.720. The summed E-state index contributed by atoms with van der Waals surface area (Å²) in [5, 5.41) is 9.48. The molecule has 1 spiro atoms. The highest BCUT2D eigenvalue weighted by Gasteiger charge is 2.69. The third-order valence-electron chi connectivity index (χ3n) is 8.46. The zero-order valence-electron chi connectivity index (χ0n) is 19.5. The van der Waals surface area contributed by atoms with E-state index in [9.17, 15) is 9.90 Å². The highest BCUT2D eigenvalue weighted by atomic mass is 17.3. The van der Waals surface area contributed by atoms with Crippen LogP contribution in [0, 0.1) is 23.7 Å². The average molecular weight is 447 g/mol. The number of carboxylic acid groups (broad SMARTS) is 1. The van der Waals surface area contributed by atoms with Crippen LogP contribution in [0.2, 0.25) is 0 Å². The Bertz CT molecular complexity index is 883. The van der Waals surface area contributed by atoms with Gasteiger partial charge in [0.1, 0.15) is 5.75 Å². The number of benzene rings is 1. The molecule has 0 aromatic heterocycles. The van der Waals surface area contributed by atoms with Crippen molar-refractivity contribution in [3.8, 4) is 5.75 Å². The van der Waals surface area contributed by atoms with Crippen molar-refractivity contribution in [2.24, 2.45) is 23.7 Å². The Morgan fingerprint density at radius 2 is 1.81 bits per heavy atom. The van der Waals surface area contributed by atoms with Gasteiger partial charge < -0.3 is 19.3 Å². The topological polar surface area (TPSA) is 83.5 Å². The summed E-state index contributed by atoms with van der Waals surface area (Å²) in [6.07, 6.45) is 2.88. The van der Waals surface area contributed by atoms with Crippen LogP contribution in [0.4, 0.5) is 0 Å². The number of aliphatic carboxylic acids is 1. The molecule has 7 nitrogen and oxygen atoms in total. The van der Waals surface area contributed by atoms with Gasteiger partial charge in [0, 0.05) is 18.3 Å². The summed E-state index contributed by atoms with van der Waals surface area (Å²) < 4.78 is 19.1. The molecule has 1 aliphatic carbocycles. The Balaban J connectivity index is 1.41. The van der Waals surface area contributed by atoms with Crippen molar-refractivity contribution >= 4 is 5.97 Å². The van der Waals surface area contributed by atoms with Crippen LogP contribution in [-0.2, 0) is 29.5 Å². The zero-order valence-corrected chi connectivity index (χ0v) is 19.5. The molecule has 1 aromatic carbocycles. The Kier molecular flexibility index (Phi) is 5.13. The normalized spacial score (nSPS) is 43.3. The number of hydrogen-bond acceptors (Lipinski definition) is 6. The van der Waals surface area contributed by atoms with E-state index in [0.717, 1.165) is 31.2 Å². The van der Waals surface area contributed by atoms with Crippen LogP contribution in [-0.4, -0.2) is 35.0 Å². The van der Waals surface area contributed by atoms with Gasteiger partial charge in [0.25, 0.3) is 0 Å². The second-order valence-corrected chi connectivity index (χ2v) is 10.8. The molecule has 8 atom stereocenters. The predicted octanol–water partition coefficient (Wildman–Crippen LogP) is 4.64. The Hall–Kier alpha value is -1.67. The van der Waals surface area contributed by atoms with Gasteiger partial charge in [-0.05, 0) is 69.6 Å². The molecule has 1 saturated carbocycles. The molecule has 176 valence electrons. The van der Waals surface area contributed by atoms with E-state index in [1.807, 2.05) is 19.1 Å². The van der Waals surface area contributed by atoms with Crippen LogP contribution in [0.5, 0.6) is 5.75 Å². The number of carbonyl (C=O) groups is 1. The summed E-state index contributed by atoms with van der Waals surface area (Å²) in [7, 11) is 0. The lowest BCUT2D eigenvalue weighted by Gasteiger charge is -2.60. The summed E-state index contributed by atoms with van der Waals surface area (Å²) in [6, 6.07) is 7.23. The monoisotopic (exact) mass is 446 g/mol. The molecule has 0 unspecified atom stereocenters. The maximum atomic E-state index is 11.6. The SMILES string of the molecule is C[C@H]1[C@@H](Oc2ccc(C(C)(C)C(=O)O)cc2)O[C@@H]2O[C@@]3(C)CC[C@H]4[C@H](C)CC[C@@H]1[C@@]24OO3. The van der Waals surface area contributed by atoms with Gasteiger partial charge in [-0.1, -0.05) is 26.0 Å². The van der Waals surface area contributed by atoms with Crippen LogP contribution in [0.1, 0.15) is 65.9 Å². The van der Waals surface area contributed by atoms with Gasteiger partial charge in [-0.25, -0.2) is 9.78 Å². The first-order chi connectivity index (χ1) is 15.1. The minimum absolute atomic E-state index is 0.0750. The highest BCUT2D eigenvalue weighted by molar-refractivity contribution is 5.80. The second kappa shape index (κ2) is 7.42. The van der Waals surface area contributed by atoms with Crippen molar-refractivity contribution in [2.75, 3.05) is 0 Å². The first-order valence-corrected chi connectivity index (χ1v) is 11.8. The molecule has 32 heavy (non-hydrogen) atoms. The predicted molar refractivity (Wildman–Crippen MR) is 115 cm³/mol. The second-order valence-electron chi connectivity index (χ2n) is 10.8. The number of hydrogen-bond donors (Lipinski definition) is 1. The molecule has 1 N–H and O–H groups in total. The van der Waals surface area contributed by atoms with E-state index < -0.39 is 35.4 Å². The van der Waals surface area contributed by atoms with E-state index in [2.05, 4.69) is 13.8 Å². The Morgan fingerprint density at radius 1 is 1.09 bits per heavy atom. The lowest BCUT2D eigenvalue weighted by Crippen LogP contribution is -2.70. The third kappa shape index (κ3) is 3.20. The van der Waals surface area contributed by atoms with Gasteiger partial charge in [-0.2, -0.15) is 0 Å². The molecule has 6 rings (SSSR count). The molecular formula is C25H34O7. The quantitative estimate of drug-likeness (QED) is 0.675. The minimum atomic E-state index is -0.965. The number of rotatable bonds is 4. The van der Waals surface area contributed by atoms with Crippen molar-refractivity contribution in [3.05, 3.63) is 29.8 Å². The van der Waals surface area contributed by atoms with Crippen LogP contribution >= 0.6 is 0 Å². The van der Waals surface area contributed by atoms with E-state index in [-0.39, 0.29) is 11.8 Å². The zero-order chi connectivity index (χ0) is 22.9. The lowest BCUT2D eigenvalue weighted by atomic mass is 9.58. The van der Waals surface area contributed by atoms with E-state index >= 15 is 0 Å². The van der Waals surface area contributed by atoms with Crippen LogP contribution in [0.3, 0.4) is 0 Å². The molecule has 4 heterocycles.